The molecule has 27 heavy (non-hydrogen) atoms. The Labute approximate surface area is 160 Å². The molecule has 0 saturated carbocycles. The summed E-state index contributed by atoms with van der Waals surface area (Å²) in [7, 11) is 0. The molecule has 1 aliphatic rings. The van der Waals surface area contributed by atoms with E-state index in [2.05, 4.69) is 28.8 Å². The Balaban J connectivity index is 1.67. The molecule has 2 aromatic carbocycles. The lowest BCUT2D eigenvalue weighted by atomic mass is 9.89. The maximum absolute atomic E-state index is 12.6. The Bertz CT molecular complexity index is 832. The number of aryl methyl sites for hydroxylation is 2. The first-order chi connectivity index (χ1) is 13.1. The van der Waals surface area contributed by atoms with E-state index in [4.69, 9.17) is 4.74 Å². The zero-order valence-electron chi connectivity index (χ0n) is 15.9. The lowest BCUT2D eigenvalue weighted by Crippen LogP contribution is -2.27. The molecule has 0 aromatic heterocycles. The topological polar surface area (TPSA) is 67.4 Å². The second-order valence-electron chi connectivity index (χ2n) is 6.86. The molecule has 2 N–H and O–H groups in total. The predicted molar refractivity (Wildman–Crippen MR) is 106 cm³/mol. The molecular weight excluding hydrogens is 340 g/mol. The van der Waals surface area contributed by atoms with Crippen LogP contribution in [0.5, 0.6) is 0 Å². The Morgan fingerprint density at radius 2 is 1.85 bits per heavy atom. The van der Waals surface area contributed by atoms with Gasteiger partial charge >= 0.3 is 6.09 Å². The third kappa shape index (κ3) is 4.88. The quantitative estimate of drug-likeness (QED) is 0.811. The molecule has 5 nitrogen and oxygen atoms in total. The molecule has 1 aliphatic carbocycles. The maximum atomic E-state index is 12.6. The van der Waals surface area contributed by atoms with E-state index in [-0.39, 0.29) is 11.9 Å². The summed E-state index contributed by atoms with van der Waals surface area (Å²) in [5.41, 5.74) is 4.98. The fourth-order valence-electron chi connectivity index (χ4n) is 3.41. The lowest BCUT2D eigenvalue weighted by molar-refractivity contribution is 0.0939. The van der Waals surface area contributed by atoms with Crippen molar-refractivity contribution in [1.82, 2.24) is 5.32 Å². The lowest BCUT2D eigenvalue weighted by Gasteiger charge is -2.20. The van der Waals surface area contributed by atoms with Gasteiger partial charge in [-0.05, 0) is 74.4 Å². The van der Waals surface area contributed by atoms with E-state index in [0.29, 0.717) is 17.9 Å². The number of carbonyl (C=O) groups excluding carboxylic acids is 2. The van der Waals surface area contributed by atoms with Gasteiger partial charge in [-0.1, -0.05) is 24.3 Å². The van der Waals surface area contributed by atoms with Gasteiger partial charge in [0.1, 0.15) is 0 Å². The van der Waals surface area contributed by atoms with Crippen molar-refractivity contribution in [3.05, 3.63) is 64.7 Å². The van der Waals surface area contributed by atoms with Crippen molar-refractivity contribution >= 4 is 17.7 Å². The van der Waals surface area contributed by atoms with Gasteiger partial charge in [0.15, 0.2) is 0 Å². The number of anilines is 1. The molecule has 0 aliphatic heterocycles. The van der Waals surface area contributed by atoms with E-state index in [9.17, 15) is 9.59 Å². The first-order valence-electron chi connectivity index (χ1n) is 9.53. The van der Waals surface area contributed by atoms with E-state index >= 15 is 0 Å². The number of fused-ring (bicyclic) bond motifs is 1. The third-order valence-corrected chi connectivity index (χ3v) is 4.87. The van der Waals surface area contributed by atoms with E-state index in [1.165, 1.54) is 24.0 Å². The molecule has 0 saturated heterocycles. The number of ether oxygens (including phenoxy) is 1. The van der Waals surface area contributed by atoms with Crippen molar-refractivity contribution in [2.75, 3.05) is 11.9 Å². The average molecular weight is 366 g/mol. The van der Waals surface area contributed by atoms with Crippen LogP contribution < -0.4 is 10.6 Å². The zero-order valence-corrected chi connectivity index (χ0v) is 15.9. The molecule has 1 atom stereocenters. The fraction of sp³-hybridized carbons (Fsp3) is 0.364. The van der Waals surface area contributed by atoms with Crippen LogP contribution in [0.3, 0.4) is 0 Å². The SMILES string of the molecule is CCOC(=O)Nc1cccc(C(=O)N[C@@H](C)c2ccc3c(c2)CCCC3)c1. The van der Waals surface area contributed by atoms with Gasteiger partial charge in [0.25, 0.3) is 5.91 Å². The fourth-order valence-corrected chi connectivity index (χ4v) is 3.41. The molecular formula is C22H26N2O3. The molecule has 0 fully saturated rings. The number of nitrogens with one attached hydrogen (secondary N) is 2. The minimum atomic E-state index is -0.530. The molecule has 142 valence electrons. The van der Waals surface area contributed by atoms with Gasteiger partial charge in [-0.3, -0.25) is 10.1 Å². The van der Waals surface area contributed by atoms with Crippen LogP contribution in [0.15, 0.2) is 42.5 Å². The summed E-state index contributed by atoms with van der Waals surface area (Å²) < 4.78 is 4.86. The summed E-state index contributed by atoms with van der Waals surface area (Å²) in [6.45, 7) is 4.03. The second kappa shape index (κ2) is 8.71. The zero-order chi connectivity index (χ0) is 19.2. The van der Waals surface area contributed by atoms with Crippen LogP contribution in [-0.2, 0) is 17.6 Å². The highest BCUT2D eigenvalue weighted by Gasteiger charge is 2.15. The largest absolute Gasteiger partial charge is 0.450 e. The minimum Gasteiger partial charge on any atom is -0.450 e. The molecule has 5 heteroatoms. The number of hydrogen-bond donors (Lipinski definition) is 2. The van der Waals surface area contributed by atoms with Crippen molar-refractivity contribution in [3.8, 4) is 0 Å². The highest BCUT2D eigenvalue weighted by Crippen LogP contribution is 2.25. The summed E-state index contributed by atoms with van der Waals surface area (Å²) >= 11 is 0. The van der Waals surface area contributed by atoms with Crippen LogP contribution in [0.25, 0.3) is 0 Å². The van der Waals surface area contributed by atoms with E-state index in [1.807, 2.05) is 6.92 Å². The Hall–Kier alpha value is -2.82. The number of rotatable bonds is 5. The molecule has 2 aromatic rings. The van der Waals surface area contributed by atoms with Crippen LogP contribution >= 0.6 is 0 Å². The molecule has 0 unspecified atom stereocenters. The molecule has 0 radical (unpaired) electrons. The number of hydrogen-bond acceptors (Lipinski definition) is 3. The molecule has 3 rings (SSSR count). The van der Waals surface area contributed by atoms with Crippen molar-refractivity contribution in [2.24, 2.45) is 0 Å². The number of carbonyl (C=O) groups is 2. The van der Waals surface area contributed by atoms with Crippen LogP contribution in [-0.4, -0.2) is 18.6 Å². The van der Waals surface area contributed by atoms with Crippen molar-refractivity contribution in [2.45, 2.75) is 45.6 Å². The molecule has 0 heterocycles. The molecule has 2 amide bonds. The van der Waals surface area contributed by atoms with Gasteiger partial charge in [0.05, 0.1) is 12.6 Å². The second-order valence-corrected chi connectivity index (χ2v) is 6.86. The normalized spacial score (nSPS) is 14.0. The Kier molecular flexibility index (Phi) is 6.12. The van der Waals surface area contributed by atoms with Gasteiger partial charge in [-0.15, -0.1) is 0 Å². The highest BCUT2D eigenvalue weighted by molar-refractivity contribution is 5.96. The molecule has 0 spiro atoms. The van der Waals surface area contributed by atoms with E-state index < -0.39 is 6.09 Å². The van der Waals surface area contributed by atoms with Gasteiger partial charge in [0.2, 0.25) is 0 Å². The monoisotopic (exact) mass is 366 g/mol. The van der Waals surface area contributed by atoms with Crippen LogP contribution in [0.2, 0.25) is 0 Å². The smallest absolute Gasteiger partial charge is 0.411 e. The van der Waals surface area contributed by atoms with Gasteiger partial charge in [0, 0.05) is 11.3 Å². The summed E-state index contributed by atoms with van der Waals surface area (Å²) in [5.74, 6) is -0.173. The Morgan fingerprint density at radius 1 is 1.07 bits per heavy atom. The summed E-state index contributed by atoms with van der Waals surface area (Å²) in [4.78, 5) is 24.2. The van der Waals surface area contributed by atoms with Crippen molar-refractivity contribution in [1.29, 1.82) is 0 Å². The van der Waals surface area contributed by atoms with Gasteiger partial charge in [-0.25, -0.2) is 4.79 Å². The molecule has 0 bridgehead atoms. The minimum absolute atomic E-state index is 0.0913. The third-order valence-electron chi connectivity index (χ3n) is 4.87. The van der Waals surface area contributed by atoms with Gasteiger partial charge in [-0.2, -0.15) is 0 Å². The van der Waals surface area contributed by atoms with E-state index in [1.54, 1.807) is 31.2 Å². The van der Waals surface area contributed by atoms with Crippen molar-refractivity contribution in [3.63, 3.8) is 0 Å². The van der Waals surface area contributed by atoms with Crippen LogP contribution in [0.4, 0.5) is 10.5 Å². The highest BCUT2D eigenvalue weighted by atomic mass is 16.5. The maximum Gasteiger partial charge on any atom is 0.411 e. The number of amides is 2. The summed E-state index contributed by atoms with van der Waals surface area (Å²) in [6, 6.07) is 13.3. The Morgan fingerprint density at radius 3 is 2.63 bits per heavy atom. The summed E-state index contributed by atoms with van der Waals surface area (Å²) in [5, 5.41) is 5.66. The van der Waals surface area contributed by atoms with Crippen LogP contribution in [0.1, 0.15) is 59.8 Å². The van der Waals surface area contributed by atoms with Gasteiger partial charge < -0.3 is 10.1 Å². The number of benzene rings is 2. The summed E-state index contributed by atoms with van der Waals surface area (Å²) in [6.07, 6.45) is 4.23. The van der Waals surface area contributed by atoms with Crippen LogP contribution in [0, 0.1) is 0 Å². The standard InChI is InChI=1S/C22H26N2O3/c1-3-27-22(26)24-20-10-6-9-19(14-20)21(25)23-15(2)17-12-11-16-7-4-5-8-18(16)13-17/h6,9-15H,3-5,7-8H2,1-2H3,(H,23,25)(H,24,26)/t15-/m0/s1. The first kappa shape index (κ1) is 19.0. The average Bonchev–Trinajstić information content (AvgIpc) is 2.68. The predicted octanol–water partition coefficient (Wildman–Crippen LogP) is 4.62. The van der Waals surface area contributed by atoms with E-state index in [0.717, 1.165) is 18.4 Å². The van der Waals surface area contributed by atoms with Crippen molar-refractivity contribution < 1.29 is 14.3 Å². The first-order valence-corrected chi connectivity index (χ1v) is 9.53.